The summed E-state index contributed by atoms with van der Waals surface area (Å²) in [5.41, 5.74) is 1.99. The molecule has 4 aromatic rings. The fourth-order valence-corrected chi connectivity index (χ4v) is 3.33. The Morgan fingerprint density at radius 3 is 2.79 bits per heavy atom. The zero-order chi connectivity index (χ0) is 19.5. The maximum Gasteiger partial charge on any atom is 0.266 e. The van der Waals surface area contributed by atoms with E-state index in [0.717, 1.165) is 11.0 Å². The topological polar surface area (TPSA) is 88.1 Å². The molecule has 4 rings (SSSR count). The van der Waals surface area contributed by atoms with E-state index in [9.17, 15) is 4.79 Å². The van der Waals surface area contributed by atoms with Crippen molar-refractivity contribution in [3.8, 4) is 23.3 Å². The molecule has 2 heterocycles. The smallest absolute Gasteiger partial charge is 0.266 e. The zero-order valence-electron chi connectivity index (χ0n) is 14.9. The summed E-state index contributed by atoms with van der Waals surface area (Å²) in [5, 5.41) is 14.9. The van der Waals surface area contributed by atoms with Gasteiger partial charge in [0, 0.05) is 10.8 Å². The lowest BCUT2D eigenvalue weighted by molar-refractivity contribution is -0.122. The summed E-state index contributed by atoms with van der Waals surface area (Å²) in [4.78, 5) is 16.8. The van der Waals surface area contributed by atoms with E-state index >= 15 is 0 Å². The van der Waals surface area contributed by atoms with Crippen LogP contribution >= 0.6 is 11.3 Å². The average Bonchev–Trinajstić information content (AvgIpc) is 3.35. The molecule has 1 atom stereocenters. The number of carbonyl (C=O) groups is 1. The van der Waals surface area contributed by atoms with Crippen LogP contribution in [-0.4, -0.2) is 17.0 Å². The van der Waals surface area contributed by atoms with Crippen LogP contribution in [0.2, 0.25) is 0 Å². The third-order valence-corrected chi connectivity index (χ3v) is 4.84. The molecule has 2 aromatic heterocycles. The van der Waals surface area contributed by atoms with Crippen LogP contribution in [0.1, 0.15) is 12.5 Å². The number of ether oxygens (including phenoxy) is 1. The van der Waals surface area contributed by atoms with Crippen molar-refractivity contribution in [3.05, 3.63) is 65.5 Å². The maximum atomic E-state index is 12.4. The van der Waals surface area contributed by atoms with Crippen molar-refractivity contribution >= 4 is 33.3 Å². The number of benzene rings is 2. The minimum Gasteiger partial charge on any atom is -0.481 e. The predicted octanol–water partition coefficient (Wildman–Crippen LogP) is 4.83. The van der Waals surface area contributed by atoms with E-state index < -0.39 is 6.10 Å². The normalized spacial score (nSPS) is 11.7. The largest absolute Gasteiger partial charge is 0.481 e. The number of amides is 1. The summed E-state index contributed by atoms with van der Waals surface area (Å²) >= 11 is 1.32. The number of nitrogens with one attached hydrogen (secondary N) is 1. The fraction of sp³-hybridized carbons (Fsp3) is 0.0952. The quantitative estimate of drug-likeness (QED) is 0.528. The molecular weight excluding hydrogens is 374 g/mol. The van der Waals surface area contributed by atoms with Crippen LogP contribution in [0.3, 0.4) is 0 Å². The molecule has 0 fully saturated rings. The number of nitriles is 1. The number of aromatic nitrogens is 1. The van der Waals surface area contributed by atoms with Crippen LogP contribution in [0, 0.1) is 11.3 Å². The molecule has 0 saturated carbocycles. The monoisotopic (exact) mass is 389 g/mol. The third kappa shape index (κ3) is 3.72. The van der Waals surface area contributed by atoms with Gasteiger partial charge >= 0.3 is 0 Å². The van der Waals surface area contributed by atoms with Crippen LogP contribution in [0.5, 0.6) is 5.75 Å². The molecule has 1 amide bonds. The van der Waals surface area contributed by atoms with Gasteiger partial charge in [0.25, 0.3) is 5.91 Å². The van der Waals surface area contributed by atoms with E-state index in [-0.39, 0.29) is 5.91 Å². The molecule has 0 spiro atoms. The molecule has 1 unspecified atom stereocenters. The molecule has 2 aromatic carbocycles. The fourth-order valence-electron chi connectivity index (χ4n) is 2.63. The Bertz CT molecular complexity index is 1140. The summed E-state index contributed by atoms with van der Waals surface area (Å²) in [6, 6.07) is 18.3. The third-order valence-electron chi connectivity index (χ3n) is 4.08. The molecule has 0 aliphatic carbocycles. The first-order valence-electron chi connectivity index (χ1n) is 8.54. The van der Waals surface area contributed by atoms with Gasteiger partial charge in [-0.25, -0.2) is 4.98 Å². The lowest BCUT2D eigenvalue weighted by Gasteiger charge is -2.13. The summed E-state index contributed by atoms with van der Waals surface area (Å²) in [5.74, 6) is 0.860. The number of furan rings is 1. The van der Waals surface area contributed by atoms with Crippen molar-refractivity contribution in [2.24, 2.45) is 0 Å². The van der Waals surface area contributed by atoms with Crippen LogP contribution in [0.4, 0.5) is 5.13 Å². The molecular formula is C21H15N3O3S. The average molecular weight is 389 g/mol. The highest BCUT2D eigenvalue weighted by atomic mass is 32.1. The number of hydrogen-bond acceptors (Lipinski definition) is 6. The van der Waals surface area contributed by atoms with Crippen molar-refractivity contribution in [1.82, 2.24) is 4.98 Å². The van der Waals surface area contributed by atoms with Gasteiger partial charge in [-0.2, -0.15) is 5.26 Å². The Morgan fingerprint density at radius 2 is 2.04 bits per heavy atom. The highest BCUT2D eigenvalue weighted by Gasteiger charge is 2.17. The van der Waals surface area contributed by atoms with Gasteiger partial charge in [-0.15, -0.1) is 11.3 Å². The van der Waals surface area contributed by atoms with Gasteiger partial charge in [0.1, 0.15) is 17.0 Å². The van der Waals surface area contributed by atoms with Crippen molar-refractivity contribution < 1.29 is 13.9 Å². The van der Waals surface area contributed by atoms with E-state index in [2.05, 4.69) is 10.3 Å². The second-order valence-corrected chi connectivity index (χ2v) is 6.93. The first-order valence-corrected chi connectivity index (χ1v) is 9.42. The first kappa shape index (κ1) is 17.8. The summed E-state index contributed by atoms with van der Waals surface area (Å²) < 4.78 is 11.4. The SMILES string of the molecule is CC(Oc1ccc(C#N)cc1)C(=O)Nc1nc(-c2cc3ccccc3o2)cs1. The van der Waals surface area contributed by atoms with Crippen molar-refractivity contribution in [3.63, 3.8) is 0 Å². The number of anilines is 1. The van der Waals surface area contributed by atoms with Crippen LogP contribution in [-0.2, 0) is 4.79 Å². The zero-order valence-corrected chi connectivity index (χ0v) is 15.7. The van der Waals surface area contributed by atoms with E-state index in [1.54, 1.807) is 31.2 Å². The van der Waals surface area contributed by atoms with Crippen LogP contribution in [0.15, 0.2) is 64.4 Å². The standard InChI is InChI=1S/C21H15N3O3S/c1-13(26-16-8-6-14(11-22)7-9-16)20(25)24-21-23-17(12-28-21)19-10-15-4-2-3-5-18(15)27-19/h2-10,12-13H,1H3,(H,23,24,25). The second-order valence-electron chi connectivity index (χ2n) is 6.07. The van der Waals surface area contributed by atoms with Crippen LogP contribution < -0.4 is 10.1 Å². The van der Waals surface area contributed by atoms with Crippen molar-refractivity contribution in [1.29, 1.82) is 5.26 Å². The van der Waals surface area contributed by atoms with Crippen molar-refractivity contribution in [2.45, 2.75) is 13.0 Å². The number of nitrogens with zero attached hydrogens (tertiary/aromatic N) is 2. The number of thiazole rings is 1. The Morgan fingerprint density at radius 1 is 1.25 bits per heavy atom. The van der Waals surface area contributed by atoms with Gasteiger partial charge in [0.05, 0.1) is 11.6 Å². The minimum atomic E-state index is -0.716. The molecule has 0 aliphatic heterocycles. The minimum absolute atomic E-state index is 0.310. The number of carbonyl (C=O) groups excluding carboxylic acids is 1. The Labute approximate surface area is 165 Å². The highest BCUT2D eigenvalue weighted by molar-refractivity contribution is 7.14. The summed E-state index contributed by atoms with van der Waals surface area (Å²) in [6.45, 7) is 1.65. The van der Waals surface area contributed by atoms with Gasteiger partial charge in [0.15, 0.2) is 17.0 Å². The lowest BCUT2D eigenvalue weighted by Crippen LogP contribution is -2.30. The number of fused-ring (bicyclic) bond motifs is 1. The van der Waals surface area contributed by atoms with Gasteiger partial charge in [0.2, 0.25) is 0 Å². The maximum absolute atomic E-state index is 12.4. The second kappa shape index (κ2) is 7.55. The Hall–Kier alpha value is -3.63. The van der Waals surface area contributed by atoms with E-state index in [4.69, 9.17) is 14.4 Å². The first-order chi connectivity index (χ1) is 13.6. The van der Waals surface area contributed by atoms with Gasteiger partial charge in [-0.1, -0.05) is 18.2 Å². The summed E-state index contributed by atoms with van der Waals surface area (Å²) in [6.07, 6.45) is -0.716. The highest BCUT2D eigenvalue weighted by Crippen LogP contribution is 2.30. The molecule has 1 N–H and O–H groups in total. The molecule has 7 heteroatoms. The van der Waals surface area contributed by atoms with Gasteiger partial charge in [-0.05, 0) is 43.3 Å². The summed E-state index contributed by atoms with van der Waals surface area (Å²) in [7, 11) is 0. The Balaban J connectivity index is 1.42. The molecule has 138 valence electrons. The Kier molecular flexibility index (Phi) is 4.79. The predicted molar refractivity (Wildman–Crippen MR) is 107 cm³/mol. The van der Waals surface area contributed by atoms with Crippen LogP contribution in [0.25, 0.3) is 22.4 Å². The van der Waals surface area contributed by atoms with E-state index in [1.165, 1.54) is 11.3 Å². The molecule has 0 aliphatic rings. The van der Waals surface area contributed by atoms with E-state index in [1.807, 2.05) is 41.8 Å². The number of para-hydroxylation sites is 1. The number of hydrogen-bond donors (Lipinski definition) is 1. The molecule has 0 radical (unpaired) electrons. The van der Waals surface area contributed by atoms with Gasteiger partial charge < -0.3 is 9.15 Å². The molecule has 28 heavy (non-hydrogen) atoms. The molecule has 6 nitrogen and oxygen atoms in total. The van der Waals surface area contributed by atoms with E-state index in [0.29, 0.717) is 27.9 Å². The van der Waals surface area contributed by atoms with Gasteiger partial charge in [-0.3, -0.25) is 10.1 Å². The molecule has 0 saturated heterocycles. The lowest BCUT2D eigenvalue weighted by atomic mass is 10.2. The number of rotatable bonds is 5. The van der Waals surface area contributed by atoms with Crippen molar-refractivity contribution in [2.75, 3.05) is 5.32 Å². The molecule has 0 bridgehead atoms.